The van der Waals surface area contributed by atoms with Gasteiger partial charge in [0.15, 0.2) is 0 Å². The van der Waals surface area contributed by atoms with Gasteiger partial charge >= 0.3 is 0 Å². The van der Waals surface area contributed by atoms with Gasteiger partial charge in [0.25, 0.3) is 0 Å². The molecule has 1 aromatic heterocycles. The lowest BCUT2D eigenvalue weighted by molar-refractivity contribution is 0.761. The van der Waals surface area contributed by atoms with E-state index in [4.69, 9.17) is 29.6 Å². The average Bonchev–Trinajstić information content (AvgIpc) is 2.74. The van der Waals surface area contributed by atoms with Crippen molar-refractivity contribution in [3.63, 3.8) is 0 Å². The van der Waals surface area contributed by atoms with Crippen LogP contribution in [0.25, 0.3) is 0 Å². The van der Waals surface area contributed by atoms with E-state index in [1.165, 1.54) is 0 Å². The minimum Gasteiger partial charge on any atom is -0.389 e. The molecule has 1 heterocycles. The number of nitrogens with zero attached hydrogens (tertiary/aromatic N) is 3. The Morgan fingerprint density at radius 1 is 1.53 bits per heavy atom. The first-order valence-electron chi connectivity index (χ1n) is 5.75. The fourth-order valence-corrected chi connectivity index (χ4v) is 2.21. The molecule has 0 spiro atoms. The second-order valence-electron chi connectivity index (χ2n) is 4.34. The van der Waals surface area contributed by atoms with Crippen molar-refractivity contribution in [3.8, 4) is 0 Å². The van der Waals surface area contributed by atoms with Crippen LogP contribution in [-0.2, 0) is 13.6 Å². The first-order valence-corrected chi connectivity index (χ1v) is 6.54. The minimum atomic E-state index is 0.360. The summed E-state index contributed by atoms with van der Waals surface area (Å²) in [6.45, 7) is 0.652. The third-order valence-electron chi connectivity index (χ3n) is 2.94. The summed E-state index contributed by atoms with van der Waals surface area (Å²) in [5, 5.41) is 0.654. The molecule has 0 saturated heterocycles. The van der Waals surface area contributed by atoms with Crippen LogP contribution >= 0.6 is 23.8 Å². The summed E-state index contributed by atoms with van der Waals surface area (Å²) >= 11 is 11.1. The predicted octanol–water partition coefficient (Wildman–Crippen LogP) is 2.34. The summed E-state index contributed by atoms with van der Waals surface area (Å²) in [6.07, 6.45) is 3.69. The van der Waals surface area contributed by atoms with E-state index >= 15 is 0 Å². The SMILES string of the molecule is CN(Cc1nccn1C)c1cc(Cl)ccc1C(N)=S. The van der Waals surface area contributed by atoms with E-state index in [1.54, 1.807) is 12.3 Å². The summed E-state index contributed by atoms with van der Waals surface area (Å²) in [5.41, 5.74) is 7.47. The quantitative estimate of drug-likeness (QED) is 0.879. The van der Waals surface area contributed by atoms with Gasteiger partial charge < -0.3 is 15.2 Å². The Hall–Kier alpha value is -1.59. The normalized spacial score (nSPS) is 10.5. The maximum Gasteiger partial charge on any atom is 0.127 e. The van der Waals surface area contributed by atoms with Crippen molar-refractivity contribution in [1.29, 1.82) is 0 Å². The number of benzene rings is 1. The number of halogens is 1. The van der Waals surface area contributed by atoms with Crippen molar-refractivity contribution < 1.29 is 0 Å². The molecule has 19 heavy (non-hydrogen) atoms. The fourth-order valence-electron chi connectivity index (χ4n) is 1.88. The number of hydrogen-bond acceptors (Lipinski definition) is 3. The van der Waals surface area contributed by atoms with Gasteiger partial charge in [0.2, 0.25) is 0 Å². The van der Waals surface area contributed by atoms with Crippen molar-refractivity contribution in [3.05, 3.63) is 47.0 Å². The Morgan fingerprint density at radius 3 is 2.84 bits per heavy atom. The topological polar surface area (TPSA) is 47.1 Å². The maximum absolute atomic E-state index is 6.05. The molecule has 0 unspecified atom stereocenters. The van der Waals surface area contributed by atoms with Crippen LogP contribution in [0, 0.1) is 0 Å². The van der Waals surface area contributed by atoms with Gasteiger partial charge in [-0.3, -0.25) is 0 Å². The maximum atomic E-state index is 6.05. The van der Waals surface area contributed by atoms with Crippen LogP contribution in [0.4, 0.5) is 5.69 Å². The van der Waals surface area contributed by atoms with E-state index in [0.29, 0.717) is 16.6 Å². The largest absolute Gasteiger partial charge is 0.389 e. The van der Waals surface area contributed by atoms with Crippen LogP contribution in [0.3, 0.4) is 0 Å². The Bertz CT molecular complexity index is 608. The summed E-state index contributed by atoms with van der Waals surface area (Å²) in [6, 6.07) is 5.49. The standard InChI is InChI=1S/C13H15ClN4S/c1-17-6-5-16-12(17)8-18(2)11-7-9(14)3-4-10(11)13(15)19/h3-7H,8H2,1-2H3,(H2,15,19). The zero-order valence-electron chi connectivity index (χ0n) is 10.8. The van der Waals surface area contributed by atoms with Gasteiger partial charge in [-0.05, 0) is 18.2 Å². The van der Waals surface area contributed by atoms with Crippen molar-refractivity contribution in [1.82, 2.24) is 9.55 Å². The van der Waals surface area contributed by atoms with Crippen LogP contribution in [0.5, 0.6) is 0 Å². The summed E-state index contributed by atoms with van der Waals surface area (Å²) in [7, 11) is 3.92. The Morgan fingerprint density at radius 2 is 2.26 bits per heavy atom. The number of rotatable bonds is 4. The number of aromatic nitrogens is 2. The van der Waals surface area contributed by atoms with E-state index in [9.17, 15) is 0 Å². The zero-order valence-corrected chi connectivity index (χ0v) is 12.4. The van der Waals surface area contributed by atoms with Crippen molar-refractivity contribution in [2.24, 2.45) is 12.8 Å². The number of hydrogen-bond donors (Lipinski definition) is 1. The van der Waals surface area contributed by atoms with Gasteiger partial charge in [-0.25, -0.2) is 4.98 Å². The van der Waals surface area contributed by atoms with E-state index in [2.05, 4.69) is 4.98 Å². The van der Waals surface area contributed by atoms with Gasteiger partial charge in [0.05, 0.1) is 6.54 Å². The van der Waals surface area contributed by atoms with Crippen molar-refractivity contribution >= 4 is 34.5 Å². The summed E-state index contributed by atoms with van der Waals surface area (Å²) < 4.78 is 1.97. The number of nitrogens with two attached hydrogens (primary N) is 1. The molecule has 0 fully saturated rings. The number of anilines is 1. The lowest BCUT2D eigenvalue weighted by Crippen LogP contribution is -2.23. The first kappa shape index (κ1) is 13.8. The van der Waals surface area contributed by atoms with Crippen molar-refractivity contribution in [2.45, 2.75) is 6.54 Å². The zero-order chi connectivity index (χ0) is 14.0. The van der Waals surface area contributed by atoms with Crippen LogP contribution in [0.15, 0.2) is 30.6 Å². The smallest absolute Gasteiger partial charge is 0.127 e. The number of imidazole rings is 1. The minimum absolute atomic E-state index is 0.360. The molecule has 0 bridgehead atoms. The molecular formula is C13H15ClN4S. The number of thiocarbonyl (C=S) groups is 1. The molecule has 0 atom stereocenters. The van der Waals surface area contributed by atoms with Crippen molar-refractivity contribution in [2.75, 3.05) is 11.9 Å². The molecule has 0 saturated carbocycles. The highest BCUT2D eigenvalue weighted by Crippen LogP contribution is 2.25. The molecule has 0 radical (unpaired) electrons. The van der Waals surface area contributed by atoms with Crippen LogP contribution in [0.1, 0.15) is 11.4 Å². The molecule has 4 nitrogen and oxygen atoms in total. The number of aryl methyl sites for hydroxylation is 1. The molecule has 0 amide bonds. The van der Waals surface area contributed by atoms with E-state index in [1.807, 2.05) is 41.9 Å². The van der Waals surface area contributed by atoms with Gasteiger partial charge in [0, 0.05) is 42.8 Å². The second-order valence-corrected chi connectivity index (χ2v) is 5.21. The highest BCUT2D eigenvalue weighted by atomic mass is 35.5. The molecule has 0 aliphatic carbocycles. The molecule has 2 aromatic rings. The average molecular weight is 295 g/mol. The van der Waals surface area contributed by atoms with Crippen LogP contribution in [-0.4, -0.2) is 21.6 Å². The van der Waals surface area contributed by atoms with Gasteiger partial charge in [0.1, 0.15) is 10.8 Å². The fraction of sp³-hybridized carbons (Fsp3) is 0.231. The van der Waals surface area contributed by atoms with Crippen LogP contribution in [0.2, 0.25) is 5.02 Å². The second kappa shape index (κ2) is 5.59. The molecule has 100 valence electrons. The molecule has 2 rings (SSSR count). The van der Waals surface area contributed by atoms with E-state index < -0.39 is 0 Å². The van der Waals surface area contributed by atoms with Crippen LogP contribution < -0.4 is 10.6 Å². The molecule has 0 aliphatic rings. The Labute approximate surface area is 122 Å². The summed E-state index contributed by atoms with van der Waals surface area (Å²) in [4.78, 5) is 6.69. The van der Waals surface area contributed by atoms with Gasteiger partial charge in [-0.1, -0.05) is 23.8 Å². The third kappa shape index (κ3) is 3.05. The summed E-state index contributed by atoms with van der Waals surface area (Å²) in [5.74, 6) is 0.955. The third-order valence-corrected chi connectivity index (χ3v) is 3.39. The predicted molar refractivity (Wildman–Crippen MR) is 82.7 cm³/mol. The lowest BCUT2D eigenvalue weighted by Gasteiger charge is -2.22. The molecule has 6 heteroatoms. The van der Waals surface area contributed by atoms with E-state index in [0.717, 1.165) is 17.1 Å². The highest BCUT2D eigenvalue weighted by molar-refractivity contribution is 7.80. The monoisotopic (exact) mass is 294 g/mol. The molecule has 2 N–H and O–H groups in total. The van der Waals surface area contributed by atoms with Gasteiger partial charge in [-0.2, -0.15) is 0 Å². The molecule has 1 aromatic carbocycles. The highest BCUT2D eigenvalue weighted by Gasteiger charge is 2.12. The Kier molecular flexibility index (Phi) is 4.07. The molecular weight excluding hydrogens is 280 g/mol. The first-order chi connectivity index (χ1) is 8.99. The lowest BCUT2D eigenvalue weighted by atomic mass is 10.1. The Balaban J connectivity index is 2.32. The van der Waals surface area contributed by atoms with Gasteiger partial charge in [-0.15, -0.1) is 0 Å². The molecule has 0 aliphatic heterocycles. The van der Waals surface area contributed by atoms with E-state index in [-0.39, 0.29) is 0 Å².